The van der Waals surface area contributed by atoms with Crippen LogP contribution in [0.25, 0.3) is 105 Å². The van der Waals surface area contributed by atoms with E-state index in [0.717, 1.165) is 60.6 Å². The Hall–Kier alpha value is -7.11. The summed E-state index contributed by atoms with van der Waals surface area (Å²) in [6.07, 6.45) is 0. The Morgan fingerprint density at radius 1 is 0.365 bits per heavy atom. The number of hydrogen-bond donors (Lipinski definition) is 0. The molecule has 0 amide bonds. The van der Waals surface area contributed by atoms with Crippen LogP contribution in [0.5, 0.6) is 0 Å². The van der Waals surface area contributed by atoms with E-state index in [4.69, 9.17) is 19.4 Å². The lowest BCUT2D eigenvalue weighted by molar-refractivity contribution is 0.669. The van der Waals surface area contributed by atoms with Gasteiger partial charge < -0.3 is 8.98 Å². The summed E-state index contributed by atoms with van der Waals surface area (Å²) in [7, 11) is 0. The smallest absolute Gasteiger partial charge is 0.164 e. The molecular formula is C47H28N4O. The van der Waals surface area contributed by atoms with E-state index < -0.39 is 0 Å². The predicted molar refractivity (Wildman–Crippen MR) is 213 cm³/mol. The summed E-state index contributed by atoms with van der Waals surface area (Å²) in [5, 5.41) is 9.27. The minimum atomic E-state index is 0.613. The topological polar surface area (TPSA) is 56.7 Å². The summed E-state index contributed by atoms with van der Waals surface area (Å²) in [6, 6.07) is 59.2. The fourth-order valence-corrected chi connectivity index (χ4v) is 7.80. The number of furan rings is 1. The van der Waals surface area contributed by atoms with Crippen LogP contribution in [0.1, 0.15) is 0 Å². The number of aromatic nitrogens is 4. The van der Waals surface area contributed by atoms with Crippen molar-refractivity contribution in [3.8, 4) is 39.9 Å². The largest absolute Gasteiger partial charge is 0.456 e. The minimum absolute atomic E-state index is 0.613. The van der Waals surface area contributed by atoms with Crippen LogP contribution in [0, 0.1) is 0 Å². The van der Waals surface area contributed by atoms with E-state index >= 15 is 0 Å². The van der Waals surface area contributed by atoms with Crippen LogP contribution in [0.2, 0.25) is 0 Å². The number of hydrogen-bond acceptors (Lipinski definition) is 4. The van der Waals surface area contributed by atoms with Crippen LogP contribution in [0.3, 0.4) is 0 Å². The van der Waals surface area contributed by atoms with Gasteiger partial charge in [-0.25, -0.2) is 15.0 Å². The summed E-state index contributed by atoms with van der Waals surface area (Å²) in [4.78, 5) is 14.9. The Labute approximate surface area is 298 Å². The van der Waals surface area contributed by atoms with Crippen molar-refractivity contribution in [2.75, 3.05) is 0 Å². The maximum atomic E-state index is 6.70. The Morgan fingerprint density at radius 3 is 1.65 bits per heavy atom. The molecule has 0 aliphatic rings. The average Bonchev–Trinajstić information content (AvgIpc) is 3.75. The molecule has 0 spiro atoms. The lowest BCUT2D eigenvalue weighted by atomic mass is 10.0. The van der Waals surface area contributed by atoms with Crippen LogP contribution in [0.15, 0.2) is 174 Å². The first kappa shape index (κ1) is 28.7. The van der Waals surface area contributed by atoms with Gasteiger partial charge in [0.15, 0.2) is 17.5 Å². The molecule has 0 atom stereocenters. The maximum absolute atomic E-state index is 6.70. The predicted octanol–water partition coefficient (Wildman–Crippen LogP) is 12.2. The van der Waals surface area contributed by atoms with E-state index in [1.807, 2.05) is 72.8 Å². The molecular weight excluding hydrogens is 637 g/mol. The van der Waals surface area contributed by atoms with Crippen molar-refractivity contribution >= 4 is 65.3 Å². The van der Waals surface area contributed by atoms with E-state index in [-0.39, 0.29) is 0 Å². The second kappa shape index (κ2) is 11.2. The molecule has 8 aromatic carbocycles. The normalized spacial score (nSPS) is 11.8. The van der Waals surface area contributed by atoms with Crippen molar-refractivity contribution in [2.45, 2.75) is 0 Å². The van der Waals surface area contributed by atoms with Crippen LogP contribution >= 0.6 is 0 Å². The molecule has 0 aliphatic carbocycles. The maximum Gasteiger partial charge on any atom is 0.164 e. The van der Waals surface area contributed by atoms with Crippen molar-refractivity contribution in [1.82, 2.24) is 19.5 Å². The van der Waals surface area contributed by atoms with Crippen molar-refractivity contribution in [3.05, 3.63) is 170 Å². The van der Waals surface area contributed by atoms with Crippen molar-refractivity contribution in [2.24, 2.45) is 0 Å². The molecule has 242 valence electrons. The zero-order valence-electron chi connectivity index (χ0n) is 27.9. The zero-order chi connectivity index (χ0) is 34.2. The van der Waals surface area contributed by atoms with Crippen LogP contribution in [-0.4, -0.2) is 19.5 Å². The molecule has 0 N–H and O–H groups in total. The van der Waals surface area contributed by atoms with E-state index in [9.17, 15) is 0 Å². The highest BCUT2D eigenvalue weighted by molar-refractivity contribution is 6.22. The Balaban J connectivity index is 1.16. The van der Waals surface area contributed by atoms with Crippen LogP contribution in [0.4, 0.5) is 0 Å². The van der Waals surface area contributed by atoms with Gasteiger partial charge in [-0.3, -0.25) is 0 Å². The summed E-state index contributed by atoms with van der Waals surface area (Å²) < 4.78 is 9.11. The van der Waals surface area contributed by atoms with Gasteiger partial charge in [0.2, 0.25) is 0 Å². The molecule has 0 saturated heterocycles. The van der Waals surface area contributed by atoms with Crippen molar-refractivity contribution in [3.63, 3.8) is 0 Å². The molecule has 52 heavy (non-hydrogen) atoms. The number of benzene rings is 8. The molecule has 0 aliphatic heterocycles. The second-order valence-corrected chi connectivity index (χ2v) is 13.2. The summed E-state index contributed by atoms with van der Waals surface area (Å²) in [5.41, 5.74) is 7.84. The second-order valence-electron chi connectivity index (χ2n) is 13.2. The van der Waals surface area contributed by atoms with Gasteiger partial charge in [-0.1, -0.05) is 127 Å². The standard InChI is InChI=1S/C47H28N4O/c1-3-13-29(14-4-1)45-48-46(30-15-5-2-6-16-30)50-47(49-45)33-23-24-42-38(26-33)44-36-21-10-9-19-34(36)41(28-43(44)52-42)51-39-22-12-11-20-35(39)37-25-31-17-7-8-18-32(31)27-40(37)51/h1-28H. The lowest BCUT2D eigenvalue weighted by Crippen LogP contribution is -2.00. The molecule has 3 heterocycles. The highest BCUT2D eigenvalue weighted by Crippen LogP contribution is 2.42. The van der Waals surface area contributed by atoms with E-state index in [0.29, 0.717) is 17.5 Å². The molecule has 5 nitrogen and oxygen atoms in total. The van der Waals surface area contributed by atoms with Gasteiger partial charge in [0, 0.05) is 49.7 Å². The average molecular weight is 665 g/mol. The fraction of sp³-hybridized carbons (Fsp3) is 0. The molecule has 0 saturated carbocycles. The minimum Gasteiger partial charge on any atom is -0.456 e. The third-order valence-electron chi connectivity index (χ3n) is 10.2. The van der Waals surface area contributed by atoms with Gasteiger partial charge in [0.1, 0.15) is 11.2 Å². The van der Waals surface area contributed by atoms with Gasteiger partial charge in [0.05, 0.1) is 16.7 Å². The molecule has 0 bridgehead atoms. The monoisotopic (exact) mass is 664 g/mol. The van der Waals surface area contributed by atoms with Crippen LogP contribution in [-0.2, 0) is 0 Å². The molecule has 0 unspecified atom stereocenters. The number of nitrogens with zero attached hydrogens (tertiary/aromatic N) is 4. The SMILES string of the molecule is c1ccc(-c2nc(-c3ccccc3)nc(-c3ccc4oc5cc(-n6c7ccccc7c7cc8ccccc8cc76)c6ccccc6c5c4c3)n2)cc1. The van der Waals surface area contributed by atoms with Gasteiger partial charge in [-0.05, 0) is 52.6 Å². The van der Waals surface area contributed by atoms with Crippen LogP contribution < -0.4 is 0 Å². The summed E-state index contributed by atoms with van der Waals surface area (Å²) in [5.74, 6) is 1.88. The molecule has 5 heteroatoms. The number of para-hydroxylation sites is 1. The van der Waals surface area contributed by atoms with Crippen molar-refractivity contribution in [1.29, 1.82) is 0 Å². The third-order valence-corrected chi connectivity index (χ3v) is 10.2. The highest BCUT2D eigenvalue weighted by Gasteiger charge is 2.20. The van der Waals surface area contributed by atoms with E-state index in [2.05, 4.69) is 102 Å². The van der Waals surface area contributed by atoms with E-state index in [1.54, 1.807) is 0 Å². The Bertz CT molecular complexity index is 3120. The van der Waals surface area contributed by atoms with Gasteiger partial charge in [-0.2, -0.15) is 0 Å². The van der Waals surface area contributed by atoms with E-state index in [1.165, 1.54) is 27.1 Å². The first-order valence-electron chi connectivity index (χ1n) is 17.4. The first-order chi connectivity index (χ1) is 25.8. The number of rotatable bonds is 4. The molecule has 3 aromatic heterocycles. The number of fused-ring (bicyclic) bond motifs is 9. The summed E-state index contributed by atoms with van der Waals surface area (Å²) >= 11 is 0. The molecule has 11 rings (SSSR count). The quantitative estimate of drug-likeness (QED) is 0.188. The van der Waals surface area contributed by atoms with Crippen molar-refractivity contribution < 1.29 is 4.42 Å². The Kier molecular flexibility index (Phi) is 6.18. The Morgan fingerprint density at radius 2 is 0.942 bits per heavy atom. The molecule has 11 aromatic rings. The summed E-state index contributed by atoms with van der Waals surface area (Å²) in [6.45, 7) is 0. The fourth-order valence-electron chi connectivity index (χ4n) is 7.80. The third kappa shape index (κ3) is 4.39. The lowest BCUT2D eigenvalue weighted by Gasteiger charge is -2.13. The first-order valence-corrected chi connectivity index (χ1v) is 17.4. The van der Waals surface area contributed by atoms with Gasteiger partial charge in [-0.15, -0.1) is 0 Å². The highest BCUT2D eigenvalue weighted by atomic mass is 16.3. The zero-order valence-corrected chi connectivity index (χ0v) is 27.9. The molecule has 0 radical (unpaired) electrons. The molecule has 0 fully saturated rings. The van der Waals surface area contributed by atoms with Gasteiger partial charge >= 0.3 is 0 Å². The van der Waals surface area contributed by atoms with Gasteiger partial charge in [0.25, 0.3) is 0 Å².